The second-order valence-electron chi connectivity index (χ2n) is 8.67. The maximum absolute atomic E-state index is 13.4. The maximum atomic E-state index is 13.4. The first-order valence-electron chi connectivity index (χ1n) is 11.0. The number of carbonyl (C=O) groups excluding carboxylic acids is 1. The molecule has 0 radical (unpaired) electrons. The summed E-state index contributed by atoms with van der Waals surface area (Å²) in [6.07, 6.45) is 2.48. The van der Waals surface area contributed by atoms with Crippen molar-refractivity contribution in [2.75, 3.05) is 5.73 Å². The number of esters is 1. The summed E-state index contributed by atoms with van der Waals surface area (Å²) in [5.74, 6) is -0.725. The Labute approximate surface area is 188 Å². The van der Waals surface area contributed by atoms with Gasteiger partial charge in [0.1, 0.15) is 6.61 Å². The predicted molar refractivity (Wildman–Crippen MR) is 124 cm³/mol. The number of nitrogens with two attached hydrogens (primary N) is 1. The number of aromatic nitrogens is 3. The third-order valence-electron chi connectivity index (χ3n) is 7.00. The van der Waals surface area contributed by atoms with Crippen LogP contribution in [0.3, 0.4) is 0 Å². The first-order chi connectivity index (χ1) is 15.9. The van der Waals surface area contributed by atoms with Gasteiger partial charge in [-0.2, -0.15) is 0 Å². The van der Waals surface area contributed by atoms with Gasteiger partial charge in [0.05, 0.1) is 46.4 Å². The van der Waals surface area contributed by atoms with E-state index in [2.05, 4.69) is 11.9 Å². The van der Waals surface area contributed by atoms with Crippen LogP contribution in [0.1, 0.15) is 42.5 Å². The van der Waals surface area contributed by atoms with Crippen molar-refractivity contribution < 1.29 is 14.6 Å². The Hall–Kier alpha value is -3.78. The quantitative estimate of drug-likeness (QED) is 0.319. The topological polar surface area (TPSA) is 120 Å². The van der Waals surface area contributed by atoms with E-state index in [1.54, 1.807) is 23.8 Å². The number of aliphatic hydroxyl groups is 1. The standard InChI is InChI=1S/C25H22N4O4/c1-3-13-15-10-29-20(8-17-16(23(29)30)11-33-24(31)25(17,32)4-2)22(15)28-19-6-5-18-14(21(13)19)7-12(26)9-27-18/h5-9,32H,3-4,10-11,26H2,1-2H3/t25-/m0/s1. The number of aryl methyl sites for hydroxylation is 1. The lowest BCUT2D eigenvalue weighted by Crippen LogP contribution is -2.44. The number of fused-ring (bicyclic) bond motifs is 7. The number of ether oxygens (including phenoxy) is 1. The molecule has 0 bridgehead atoms. The van der Waals surface area contributed by atoms with Gasteiger partial charge >= 0.3 is 5.97 Å². The molecule has 0 saturated carbocycles. The van der Waals surface area contributed by atoms with Crippen LogP contribution in [0.5, 0.6) is 0 Å². The van der Waals surface area contributed by atoms with Crippen LogP contribution in [0.25, 0.3) is 33.2 Å². The predicted octanol–water partition coefficient (Wildman–Crippen LogP) is 2.77. The van der Waals surface area contributed by atoms with E-state index in [0.717, 1.165) is 39.4 Å². The number of pyridine rings is 3. The van der Waals surface area contributed by atoms with Gasteiger partial charge in [-0.15, -0.1) is 0 Å². The van der Waals surface area contributed by atoms with Crippen LogP contribution < -0.4 is 11.3 Å². The van der Waals surface area contributed by atoms with E-state index in [1.807, 2.05) is 18.2 Å². The summed E-state index contributed by atoms with van der Waals surface area (Å²) in [5.41, 5.74) is 10.1. The van der Waals surface area contributed by atoms with E-state index >= 15 is 0 Å². The number of hydrogen-bond acceptors (Lipinski definition) is 7. The van der Waals surface area contributed by atoms with Crippen molar-refractivity contribution in [3.8, 4) is 11.4 Å². The number of cyclic esters (lactones) is 1. The van der Waals surface area contributed by atoms with Crippen LogP contribution in [0.4, 0.5) is 5.69 Å². The molecule has 3 N–H and O–H groups in total. The number of rotatable bonds is 2. The third kappa shape index (κ3) is 2.49. The number of carbonyl (C=O) groups is 1. The van der Waals surface area contributed by atoms with Crippen LogP contribution in [-0.2, 0) is 34.7 Å². The third-order valence-corrected chi connectivity index (χ3v) is 7.00. The largest absolute Gasteiger partial charge is 0.458 e. The minimum absolute atomic E-state index is 0.111. The molecule has 0 unspecified atom stereocenters. The van der Waals surface area contributed by atoms with E-state index in [1.165, 1.54) is 0 Å². The molecule has 1 atom stereocenters. The molecule has 0 amide bonds. The van der Waals surface area contributed by atoms with Crippen LogP contribution in [0, 0.1) is 0 Å². The highest BCUT2D eigenvalue weighted by molar-refractivity contribution is 6.08. The van der Waals surface area contributed by atoms with Crippen molar-refractivity contribution >= 4 is 33.5 Å². The molecule has 6 rings (SSSR count). The van der Waals surface area contributed by atoms with Gasteiger partial charge in [-0.05, 0) is 42.7 Å². The van der Waals surface area contributed by atoms with E-state index in [-0.39, 0.29) is 18.6 Å². The average molecular weight is 442 g/mol. The van der Waals surface area contributed by atoms with Gasteiger partial charge in [0, 0.05) is 21.9 Å². The molecule has 0 saturated heterocycles. The van der Waals surface area contributed by atoms with Crippen molar-refractivity contribution in [1.29, 1.82) is 0 Å². The molecule has 2 aliphatic rings. The van der Waals surface area contributed by atoms with Crippen LogP contribution in [-0.4, -0.2) is 25.6 Å². The molecule has 8 nitrogen and oxygen atoms in total. The van der Waals surface area contributed by atoms with Gasteiger partial charge < -0.3 is 20.1 Å². The minimum Gasteiger partial charge on any atom is -0.458 e. The maximum Gasteiger partial charge on any atom is 0.343 e. The van der Waals surface area contributed by atoms with Crippen molar-refractivity contribution in [1.82, 2.24) is 14.5 Å². The Morgan fingerprint density at radius 3 is 2.73 bits per heavy atom. The monoisotopic (exact) mass is 442 g/mol. The summed E-state index contributed by atoms with van der Waals surface area (Å²) in [4.78, 5) is 35.2. The SMILES string of the molecule is CCc1c2c(nc3ccc4ncc(N)cc4c13)-c1cc3c(c(=O)n1C2)COC(=O)[C@]3(O)CC. The Bertz CT molecular complexity index is 1590. The fourth-order valence-electron chi connectivity index (χ4n) is 5.28. The molecule has 0 aliphatic carbocycles. The summed E-state index contributed by atoms with van der Waals surface area (Å²) < 4.78 is 6.82. The summed E-state index contributed by atoms with van der Waals surface area (Å²) >= 11 is 0. The molecule has 4 aromatic rings. The zero-order valence-corrected chi connectivity index (χ0v) is 18.3. The normalized spacial score (nSPS) is 18.8. The lowest BCUT2D eigenvalue weighted by Gasteiger charge is -2.31. The first kappa shape index (κ1) is 19.9. The molecule has 0 fully saturated rings. The number of benzene rings is 1. The number of hydrogen-bond donors (Lipinski definition) is 2. The molecule has 3 aromatic heterocycles. The number of nitrogens with zero attached hydrogens (tertiary/aromatic N) is 3. The van der Waals surface area contributed by atoms with Gasteiger partial charge in [0.25, 0.3) is 5.56 Å². The number of nitrogen functional groups attached to an aromatic ring is 1. The molecule has 0 spiro atoms. The minimum atomic E-state index is -1.84. The average Bonchev–Trinajstić information content (AvgIpc) is 3.19. The number of anilines is 1. The first-order valence-corrected chi connectivity index (χ1v) is 11.0. The van der Waals surface area contributed by atoms with Crippen molar-refractivity contribution in [3.63, 3.8) is 0 Å². The van der Waals surface area contributed by atoms with E-state index < -0.39 is 11.6 Å². The highest BCUT2D eigenvalue weighted by Gasteiger charge is 2.45. The summed E-state index contributed by atoms with van der Waals surface area (Å²) in [6.45, 7) is 4.00. The molecule has 166 valence electrons. The van der Waals surface area contributed by atoms with Crippen molar-refractivity contribution in [2.45, 2.75) is 45.4 Å². The van der Waals surface area contributed by atoms with Gasteiger partial charge in [-0.25, -0.2) is 9.78 Å². The summed E-state index contributed by atoms with van der Waals surface area (Å²) in [5, 5.41) is 13.0. The molecule has 33 heavy (non-hydrogen) atoms. The highest BCUT2D eigenvalue weighted by Crippen LogP contribution is 2.41. The molecule has 8 heteroatoms. The van der Waals surface area contributed by atoms with E-state index in [0.29, 0.717) is 34.7 Å². The van der Waals surface area contributed by atoms with E-state index in [4.69, 9.17) is 15.5 Å². The Morgan fingerprint density at radius 1 is 1.18 bits per heavy atom. The lowest BCUT2D eigenvalue weighted by molar-refractivity contribution is -0.172. The zero-order chi connectivity index (χ0) is 23.1. The molecule has 1 aromatic carbocycles. The molecule has 2 aliphatic heterocycles. The van der Waals surface area contributed by atoms with Crippen molar-refractivity contribution in [2.24, 2.45) is 0 Å². The molecular weight excluding hydrogens is 420 g/mol. The van der Waals surface area contributed by atoms with Crippen molar-refractivity contribution in [3.05, 3.63) is 63.1 Å². The van der Waals surface area contributed by atoms with Crippen LogP contribution >= 0.6 is 0 Å². The summed E-state index contributed by atoms with van der Waals surface area (Å²) in [7, 11) is 0. The second-order valence-corrected chi connectivity index (χ2v) is 8.67. The zero-order valence-electron chi connectivity index (χ0n) is 18.3. The van der Waals surface area contributed by atoms with Gasteiger partial charge in [-0.1, -0.05) is 13.8 Å². The smallest absolute Gasteiger partial charge is 0.343 e. The lowest BCUT2D eigenvalue weighted by atomic mass is 9.86. The Kier molecular flexibility index (Phi) is 3.98. The van der Waals surface area contributed by atoms with Gasteiger partial charge in [-0.3, -0.25) is 9.78 Å². The Morgan fingerprint density at radius 2 is 1.97 bits per heavy atom. The van der Waals surface area contributed by atoms with E-state index in [9.17, 15) is 14.7 Å². The molecular formula is C25H22N4O4. The van der Waals surface area contributed by atoms with Crippen LogP contribution in [0.15, 0.2) is 35.3 Å². The molecule has 5 heterocycles. The van der Waals surface area contributed by atoms with Gasteiger partial charge in [0.2, 0.25) is 0 Å². The fourth-order valence-corrected chi connectivity index (χ4v) is 5.28. The summed E-state index contributed by atoms with van der Waals surface area (Å²) in [6, 6.07) is 7.50. The Balaban J connectivity index is 1.69. The van der Waals surface area contributed by atoms with Gasteiger partial charge in [0.15, 0.2) is 5.60 Å². The second kappa shape index (κ2) is 6.62. The fraction of sp³-hybridized carbons (Fsp3) is 0.280. The highest BCUT2D eigenvalue weighted by atomic mass is 16.6. The van der Waals surface area contributed by atoms with Crippen LogP contribution in [0.2, 0.25) is 0 Å².